The summed E-state index contributed by atoms with van der Waals surface area (Å²) < 4.78 is 37.6. The molecule has 1 aromatic rings. The summed E-state index contributed by atoms with van der Waals surface area (Å²) >= 11 is 1.64. The maximum atomic E-state index is 12.5. The van der Waals surface area contributed by atoms with Crippen molar-refractivity contribution in [3.8, 4) is 0 Å². The predicted octanol–water partition coefficient (Wildman–Crippen LogP) is 3.53. The predicted molar refractivity (Wildman–Crippen MR) is 65.6 cm³/mol. The van der Waals surface area contributed by atoms with E-state index in [2.05, 4.69) is 9.88 Å². The quantitative estimate of drug-likeness (QED) is 0.822. The van der Waals surface area contributed by atoms with Crippen molar-refractivity contribution in [1.29, 1.82) is 0 Å². The summed E-state index contributed by atoms with van der Waals surface area (Å²) in [6, 6.07) is 0. The summed E-state index contributed by atoms with van der Waals surface area (Å²) in [6.07, 6.45) is -3.58. The lowest BCUT2D eigenvalue weighted by Crippen LogP contribution is -2.38. The van der Waals surface area contributed by atoms with Gasteiger partial charge in [0.25, 0.3) is 0 Å². The van der Waals surface area contributed by atoms with Gasteiger partial charge in [0.15, 0.2) is 0 Å². The molecular formula is C12H17F3N2S. The molecule has 1 aliphatic rings. The molecule has 2 rings (SSSR count). The molecule has 1 fully saturated rings. The van der Waals surface area contributed by atoms with E-state index in [0.717, 1.165) is 17.2 Å². The third-order valence-electron chi connectivity index (χ3n) is 3.42. The number of nitrogens with zero attached hydrogens (tertiary/aromatic N) is 2. The van der Waals surface area contributed by atoms with Gasteiger partial charge in [-0.15, -0.1) is 11.3 Å². The number of halogens is 3. The molecule has 6 heteroatoms. The van der Waals surface area contributed by atoms with Gasteiger partial charge >= 0.3 is 6.18 Å². The molecule has 0 bridgehead atoms. The van der Waals surface area contributed by atoms with Gasteiger partial charge in [-0.2, -0.15) is 13.2 Å². The molecule has 0 aliphatic carbocycles. The van der Waals surface area contributed by atoms with E-state index in [9.17, 15) is 13.2 Å². The average molecular weight is 278 g/mol. The van der Waals surface area contributed by atoms with Gasteiger partial charge in [0.2, 0.25) is 0 Å². The van der Waals surface area contributed by atoms with E-state index in [4.69, 9.17) is 0 Å². The molecule has 2 nitrogen and oxygen atoms in total. The summed E-state index contributed by atoms with van der Waals surface area (Å²) in [4.78, 5) is 7.62. The molecule has 0 spiro atoms. The zero-order valence-electron chi connectivity index (χ0n) is 10.5. The topological polar surface area (TPSA) is 16.1 Å². The SMILES string of the molecule is Cc1nc(C)c(CN2CCC(C(F)(F)F)CC2)s1. The van der Waals surface area contributed by atoms with Crippen LogP contribution in [-0.4, -0.2) is 29.1 Å². The van der Waals surface area contributed by atoms with Crippen LogP contribution in [0.3, 0.4) is 0 Å². The van der Waals surface area contributed by atoms with Crippen LogP contribution in [0.15, 0.2) is 0 Å². The fourth-order valence-corrected chi connectivity index (χ4v) is 3.32. The Labute approximate surface area is 109 Å². The van der Waals surface area contributed by atoms with Crippen LogP contribution < -0.4 is 0 Å². The van der Waals surface area contributed by atoms with E-state index in [1.807, 2.05) is 13.8 Å². The molecule has 2 heterocycles. The lowest BCUT2D eigenvalue weighted by atomic mass is 9.96. The Morgan fingerprint density at radius 3 is 2.33 bits per heavy atom. The van der Waals surface area contributed by atoms with Crippen LogP contribution in [-0.2, 0) is 6.54 Å². The average Bonchev–Trinajstić information content (AvgIpc) is 2.57. The molecule has 0 N–H and O–H groups in total. The number of hydrogen-bond acceptors (Lipinski definition) is 3. The second-order valence-corrected chi connectivity index (χ2v) is 6.12. The number of alkyl halides is 3. The number of thiazole rings is 1. The maximum Gasteiger partial charge on any atom is 0.391 e. The summed E-state index contributed by atoms with van der Waals surface area (Å²) in [5.74, 6) is -1.11. The van der Waals surface area contributed by atoms with E-state index in [1.165, 1.54) is 4.88 Å². The normalized spacial score (nSPS) is 19.4. The van der Waals surface area contributed by atoms with E-state index in [0.29, 0.717) is 13.1 Å². The number of hydrogen-bond donors (Lipinski definition) is 0. The molecule has 1 aliphatic heterocycles. The lowest BCUT2D eigenvalue weighted by molar-refractivity contribution is -0.185. The van der Waals surface area contributed by atoms with Gasteiger partial charge < -0.3 is 0 Å². The van der Waals surface area contributed by atoms with Gasteiger partial charge in [-0.3, -0.25) is 4.90 Å². The third kappa shape index (κ3) is 3.23. The molecule has 1 aromatic heterocycles. The first kappa shape index (κ1) is 13.8. The van der Waals surface area contributed by atoms with Crippen LogP contribution in [0, 0.1) is 19.8 Å². The number of aromatic nitrogens is 1. The van der Waals surface area contributed by atoms with Crippen LogP contribution in [0.1, 0.15) is 28.4 Å². The first-order chi connectivity index (χ1) is 8.36. The van der Waals surface area contributed by atoms with Crippen LogP contribution in [0.5, 0.6) is 0 Å². The molecule has 1 saturated heterocycles. The molecule has 0 amide bonds. The molecule has 0 radical (unpaired) electrons. The van der Waals surface area contributed by atoms with Crippen molar-refractivity contribution < 1.29 is 13.2 Å². The van der Waals surface area contributed by atoms with Gasteiger partial charge in [-0.1, -0.05) is 0 Å². The van der Waals surface area contributed by atoms with Crippen molar-refractivity contribution in [3.63, 3.8) is 0 Å². The summed E-state index contributed by atoms with van der Waals surface area (Å²) in [6.45, 7) is 5.71. The highest BCUT2D eigenvalue weighted by Gasteiger charge is 2.41. The first-order valence-electron chi connectivity index (χ1n) is 6.08. The number of aryl methyl sites for hydroxylation is 2. The summed E-state index contributed by atoms with van der Waals surface area (Å²) in [5.41, 5.74) is 1.01. The molecule has 0 saturated carbocycles. The van der Waals surface area contributed by atoms with Gasteiger partial charge in [0.1, 0.15) is 0 Å². The number of likely N-dealkylation sites (tertiary alicyclic amines) is 1. The van der Waals surface area contributed by atoms with Crippen molar-refractivity contribution >= 4 is 11.3 Å². The Hall–Kier alpha value is -0.620. The van der Waals surface area contributed by atoms with E-state index < -0.39 is 12.1 Å². The maximum absolute atomic E-state index is 12.5. The van der Waals surface area contributed by atoms with Gasteiger partial charge in [-0.05, 0) is 39.8 Å². The fourth-order valence-electron chi connectivity index (χ4n) is 2.34. The second kappa shape index (κ2) is 5.17. The highest BCUT2D eigenvalue weighted by Crippen LogP contribution is 2.34. The summed E-state index contributed by atoms with van der Waals surface area (Å²) in [5, 5.41) is 1.02. The molecule has 0 unspecified atom stereocenters. The Morgan fingerprint density at radius 1 is 1.28 bits per heavy atom. The molecular weight excluding hydrogens is 261 g/mol. The third-order valence-corrected chi connectivity index (χ3v) is 4.47. The highest BCUT2D eigenvalue weighted by atomic mass is 32.1. The number of piperidine rings is 1. The van der Waals surface area contributed by atoms with Crippen molar-refractivity contribution in [1.82, 2.24) is 9.88 Å². The van der Waals surface area contributed by atoms with Crippen molar-refractivity contribution in [2.24, 2.45) is 5.92 Å². The van der Waals surface area contributed by atoms with Gasteiger partial charge in [-0.25, -0.2) is 4.98 Å². The van der Waals surface area contributed by atoms with Crippen LogP contribution >= 0.6 is 11.3 Å². The molecule has 0 aromatic carbocycles. The van der Waals surface area contributed by atoms with Gasteiger partial charge in [0, 0.05) is 11.4 Å². The Bertz CT molecular complexity index is 406. The van der Waals surface area contributed by atoms with Crippen molar-refractivity contribution in [3.05, 3.63) is 15.6 Å². The lowest BCUT2D eigenvalue weighted by Gasteiger charge is -2.32. The molecule has 18 heavy (non-hydrogen) atoms. The standard InChI is InChI=1S/C12H17F3N2S/c1-8-11(18-9(2)16-8)7-17-5-3-10(4-6-17)12(13,14)15/h10H,3-7H2,1-2H3. The zero-order valence-corrected chi connectivity index (χ0v) is 11.4. The smallest absolute Gasteiger partial charge is 0.298 e. The van der Waals surface area contributed by atoms with Crippen molar-refractivity contribution in [2.75, 3.05) is 13.1 Å². The van der Waals surface area contributed by atoms with Crippen LogP contribution in [0.2, 0.25) is 0 Å². The fraction of sp³-hybridized carbons (Fsp3) is 0.750. The summed E-state index contributed by atoms with van der Waals surface area (Å²) in [7, 11) is 0. The largest absolute Gasteiger partial charge is 0.391 e. The van der Waals surface area contributed by atoms with E-state index in [-0.39, 0.29) is 12.8 Å². The highest BCUT2D eigenvalue weighted by molar-refractivity contribution is 7.11. The second-order valence-electron chi connectivity index (χ2n) is 4.83. The van der Waals surface area contributed by atoms with Crippen LogP contribution in [0.4, 0.5) is 13.2 Å². The minimum atomic E-state index is -4.02. The van der Waals surface area contributed by atoms with E-state index >= 15 is 0 Å². The van der Waals surface area contributed by atoms with E-state index in [1.54, 1.807) is 11.3 Å². The van der Waals surface area contributed by atoms with Gasteiger partial charge in [0.05, 0.1) is 16.6 Å². The minimum absolute atomic E-state index is 0.223. The van der Waals surface area contributed by atoms with Crippen molar-refractivity contribution in [2.45, 2.75) is 39.4 Å². The Morgan fingerprint density at radius 2 is 1.89 bits per heavy atom. The van der Waals surface area contributed by atoms with Crippen LogP contribution in [0.25, 0.3) is 0 Å². The Kier molecular flexibility index (Phi) is 3.96. The molecule has 102 valence electrons. The zero-order chi connectivity index (χ0) is 13.3. The monoisotopic (exact) mass is 278 g/mol. The first-order valence-corrected chi connectivity index (χ1v) is 6.90. The number of rotatable bonds is 2. The molecule has 0 atom stereocenters. The minimum Gasteiger partial charge on any atom is -0.298 e. The Balaban J connectivity index is 1.89.